The first-order chi connectivity index (χ1) is 10.1. The van der Waals surface area contributed by atoms with Crippen LogP contribution in [0.3, 0.4) is 0 Å². The Bertz CT molecular complexity index is 664. The summed E-state index contributed by atoms with van der Waals surface area (Å²) < 4.78 is 56.9. The first-order valence-electron chi connectivity index (χ1n) is 7.59. The molecule has 3 saturated carbocycles. The summed E-state index contributed by atoms with van der Waals surface area (Å²) in [5.74, 6) is 1.91. The second-order valence-corrected chi connectivity index (χ2v) is 10.4. The molecule has 8 heteroatoms. The number of allylic oxidation sites excluding steroid dienone is 2. The Morgan fingerprint density at radius 1 is 0.773 bits per heavy atom. The fraction of sp³-hybridized carbons (Fsp3) is 0.857. The third-order valence-electron chi connectivity index (χ3n) is 5.86. The molecule has 4 rings (SSSR count). The van der Waals surface area contributed by atoms with Gasteiger partial charge >= 0.3 is 0 Å². The van der Waals surface area contributed by atoms with Gasteiger partial charge in [-0.2, -0.15) is 16.8 Å². The largest absolute Gasteiger partial charge is 0.264 e. The van der Waals surface area contributed by atoms with Gasteiger partial charge in [0.2, 0.25) is 0 Å². The molecule has 0 aromatic heterocycles. The van der Waals surface area contributed by atoms with E-state index in [9.17, 15) is 16.8 Å². The topological polar surface area (TPSA) is 86.7 Å². The van der Waals surface area contributed by atoms with Crippen LogP contribution in [0.5, 0.6) is 0 Å². The number of fused-ring (bicyclic) bond motifs is 9. The zero-order valence-electron chi connectivity index (χ0n) is 12.5. The summed E-state index contributed by atoms with van der Waals surface area (Å²) >= 11 is 0. The lowest BCUT2D eigenvalue weighted by Crippen LogP contribution is -2.47. The predicted molar refractivity (Wildman–Crippen MR) is 78.7 cm³/mol. The Morgan fingerprint density at radius 3 is 1.55 bits per heavy atom. The molecule has 4 aliphatic rings. The molecule has 0 amide bonds. The highest BCUT2D eigenvalue weighted by Crippen LogP contribution is 2.66. The second-order valence-electron chi connectivity index (χ2n) is 7.20. The van der Waals surface area contributed by atoms with Crippen molar-refractivity contribution >= 4 is 20.2 Å². The van der Waals surface area contributed by atoms with E-state index in [4.69, 9.17) is 8.37 Å². The minimum atomic E-state index is -3.65. The maximum Gasteiger partial charge on any atom is 0.264 e. The fourth-order valence-corrected chi connectivity index (χ4v) is 6.89. The van der Waals surface area contributed by atoms with E-state index in [0.29, 0.717) is 23.7 Å². The van der Waals surface area contributed by atoms with E-state index in [1.54, 1.807) is 0 Å². The highest BCUT2D eigenvalue weighted by Gasteiger charge is 2.66. The van der Waals surface area contributed by atoms with E-state index in [1.165, 1.54) is 0 Å². The molecule has 0 spiro atoms. The Kier molecular flexibility index (Phi) is 3.13. The van der Waals surface area contributed by atoms with E-state index >= 15 is 0 Å². The molecule has 22 heavy (non-hydrogen) atoms. The van der Waals surface area contributed by atoms with Crippen LogP contribution in [0.2, 0.25) is 0 Å². The SMILES string of the molecule is CS(=O)(=O)OC1C2CC(C1OS(C)(=O)=O)C1C3C=CC(C3)C21. The van der Waals surface area contributed by atoms with Gasteiger partial charge in [-0.25, -0.2) is 0 Å². The molecule has 0 radical (unpaired) electrons. The Morgan fingerprint density at radius 2 is 1.18 bits per heavy atom. The minimum Gasteiger partial charge on any atom is -0.264 e. The molecule has 124 valence electrons. The van der Waals surface area contributed by atoms with Crippen molar-refractivity contribution in [1.29, 1.82) is 0 Å². The maximum absolute atomic E-state index is 11.6. The molecular weight excluding hydrogens is 328 g/mol. The van der Waals surface area contributed by atoms with E-state index in [0.717, 1.165) is 25.4 Å². The van der Waals surface area contributed by atoms with Crippen LogP contribution in [0.15, 0.2) is 12.2 Å². The van der Waals surface area contributed by atoms with E-state index in [-0.39, 0.29) is 11.8 Å². The smallest absolute Gasteiger partial charge is 0.264 e. The van der Waals surface area contributed by atoms with Crippen molar-refractivity contribution < 1.29 is 25.2 Å². The van der Waals surface area contributed by atoms with Gasteiger partial charge in [-0.15, -0.1) is 0 Å². The van der Waals surface area contributed by atoms with E-state index in [2.05, 4.69) is 12.2 Å². The standard InChI is InChI=1S/C14H20O6S2/c1-21(15,16)19-13-9-6-10(14(13)20-22(2,17)18)12-8-4-3-7(5-8)11(9)12/h3-4,7-14H,5-6H2,1-2H3. The first-order valence-corrected chi connectivity index (χ1v) is 11.2. The van der Waals surface area contributed by atoms with Gasteiger partial charge in [0, 0.05) is 0 Å². The summed E-state index contributed by atoms with van der Waals surface area (Å²) in [6, 6.07) is 0. The van der Waals surface area contributed by atoms with Crippen LogP contribution in [-0.2, 0) is 28.6 Å². The highest BCUT2D eigenvalue weighted by atomic mass is 32.2. The molecule has 0 N–H and O–H groups in total. The zero-order chi connectivity index (χ0) is 15.9. The lowest BCUT2D eigenvalue weighted by atomic mass is 9.71. The fourth-order valence-electron chi connectivity index (χ4n) is 5.58. The lowest BCUT2D eigenvalue weighted by Gasteiger charge is -2.40. The van der Waals surface area contributed by atoms with Crippen molar-refractivity contribution in [3.63, 3.8) is 0 Å². The molecule has 8 unspecified atom stereocenters. The van der Waals surface area contributed by atoms with Crippen molar-refractivity contribution in [2.45, 2.75) is 25.0 Å². The van der Waals surface area contributed by atoms with Gasteiger partial charge in [0.15, 0.2) is 0 Å². The molecular formula is C14H20O6S2. The van der Waals surface area contributed by atoms with Gasteiger partial charge in [-0.05, 0) is 48.3 Å². The third kappa shape index (κ3) is 2.26. The van der Waals surface area contributed by atoms with Crippen molar-refractivity contribution in [3.8, 4) is 0 Å². The maximum atomic E-state index is 11.6. The number of hydrogen-bond acceptors (Lipinski definition) is 6. The second kappa shape index (κ2) is 4.55. The quantitative estimate of drug-likeness (QED) is 0.424. The van der Waals surface area contributed by atoms with Crippen LogP contribution in [-0.4, -0.2) is 41.6 Å². The third-order valence-corrected chi connectivity index (χ3v) is 7.00. The van der Waals surface area contributed by atoms with E-state index in [1.807, 2.05) is 0 Å². The Labute approximate surface area is 131 Å². The summed E-state index contributed by atoms with van der Waals surface area (Å²) in [7, 11) is -7.31. The van der Waals surface area contributed by atoms with Crippen molar-refractivity contribution in [1.82, 2.24) is 0 Å². The van der Waals surface area contributed by atoms with Crippen LogP contribution < -0.4 is 0 Å². The van der Waals surface area contributed by atoms with Crippen LogP contribution in [0.25, 0.3) is 0 Å². The Hall–Kier alpha value is -0.440. The number of hydrogen-bond donors (Lipinski definition) is 0. The molecule has 0 heterocycles. The molecule has 0 aromatic rings. The van der Waals surface area contributed by atoms with E-state index < -0.39 is 32.4 Å². The van der Waals surface area contributed by atoms with Crippen LogP contribution in [0.1, 0.15) is 12.8 Å². The average molecular weight is 348 g/mol. The van der Waals surface area contributed by atoms with Gasteiger partial charge in [0.25, 0.3) is 20.2 Å². The van der Waals surface area contributed by atoms with Gasteiger partial charge in [0.1, 0.15) is 12.2 Å². The summed E-state index contributed by atoms with van der Waals surface area (Å²) in [5, 5.41) is 0. The minimum absolute atomic E-state index is 0.0661. The van der Waals surface area contributed by atoms with Crippen molar-refractivity contribution in [2.24, 2.45) is 35.5 Å². The van der Waals surface area contributed by atoms with Gasteiger partial charge in [0.05, 0.1) is 12.5 Å². The summed E-state index contributed by atoms with van der Waals surface area (Å²) in [4.78, 5) is 0. The average Bonchev–Trinajstić information content (AvgIpc) is 3.04. The Balaban J connectivity index is 1.69. The van der Waals surface area contributed by atoms with Crippen molar-refractivity contribution in [3.05, 3.63) is 12.2 Å². The number of rotatable bonds is 4. The summed E-state index contributed by atoms with van der Waals surface area (Å²) in [5.41, 5.74) is 0. The lowest BCUT2D eigenvalue weighted by molar-refractivity contribution is -0.0255. The molecule has 8 atom stereocenters. The van der Waals surface area contributed by atoms with Crippen LogP contribution in [0, 0.1) is 35.5 Å². The molecule has 6 nitrogen and oxygen atoms in total. The summed E-state index contributed by atoms with van der Waals surface area (Å²) in [6.45, 7) is 0. The van der Waals surface area contributed by atoms with Gasteiger partial charge in [-0.1, -0.05) is 12.2 Å². The van der Waals surface area contributed by atoms with Gasteiger partial charge in [-0.3, -0.25) is 8.37 Å². The summed E-state index contributed by atoms with van der Waals surface area (Å²) in [6.07, 6.45) is 7.02. The van der Waals surface area contributed by atoms with Gasteiger partial charge < -0.3 is 0 Å². The first kappa shape index (κ1) is 15.1. The van der Waals surface area contributed by atoms with Crippen molar-refractivity contribution in [2.75, 3.05) is 12.5 Å². The molecule has 3 fully saturated rings. The zero-order valence-corrected chi connectivity index (χ0v) is 14.1. The van der Waals surface area contributed by atoms with Crippen LogP contribution in [0.4, 0.5) is 0 Å². The molecule has 0 aliphatic heterocycles. The van der Waals surface area contributed by atoms with Crippen LogP contribution >= 0.6 is 0 Å². The predicted octanol–water partition coefficient (Wildman–Crippen LogP) is 0.764. The molecule has 4 bridgehead atoms. The molecule has 0 aromatic carbocycles. The molecule has 4 aliphatic carbocycles. The molecule has 0 saturated heterocycles. The highest BCUT2D eigenvalue weighted by molar-refractivity contribution is 7.86. The normalized spacial score (nSPS) is 49.0. The monoisotopic (exact) mass is 348 g/mol.